The maximum absolute atomic E-state index is 12.0. The quantitative estimate of drug-likeness (QED) is 0.797. The zero-order valence-electron chi connectivity index (χ0n) is 13.7. The first-order chi connectivity index (χ1) is 11.5. The molecule has 1 atom stereocenters. The number of nitrogens with one attached hydrogen (secondary N) is 1. The highest BCUT2D eigenvalue weighted by atomic mass is 32.2. The molecule has 1 amide bonds. The molecular weight excluding hydrogens is 328 g/mol. The van der Waals surface area contributed by atoms with Crippen molar-refractivity contribution < 1.29 is 13.2 Å². The molecule has 1 unspecified atom stereocenters. The van der Waals surface area contributed by atoms with Gasteiger partial charge in [0.25, 0.3) is 0 Å². The van der Waals surface area contributed by atoms with Gasteiger partial charge in [0.2, 0.25) is 5.91 Å². The summed E-state index contributed by atoms with van der Waals surface area (Å²) in [5.74, 6) is 1.22. The number of aromatic nitrogens is 1. The van der Waals surface area contributed by atoms with Crippen molar-refractivity contribution in [2.24, 2.45) is 0 Å². The standard InChI is InChI=1S/C16H24N4O3S/c21-16(18-14-5-12-24(22,23)13-14)4-7-19-8-10-20(11-9-19)15-3-1-2-6-17-15/h1-3,6,14H,4-5,7-13H2,(H,18,21). The number of sulfone groups is 1. The Morgan fingerprint density at radius 2 is 2.04 bits per heavy atom. The van der Waals surface area contributed by atoms with Crippen LogP contribution in [0.5, 0.6) is 0 Å². The van der Waals surface area contributed by atoms with E-state index in [-0.39, 0.29) is 23.5 Å². The number of nitrogens with zero attached hydrogens (tertiary/aromatic N) is 3. The molecule has 2 saturated heterocycles. The minimum absolute atomic E-state index is 0.0516. The molecular formula is C16H24N4O3S. The van der Waals surface area contributed by atoms with Crippen LogP contribution >= 0.6 is 0 Å². The Bertz CT molecular complexity index is 657. The molecule has 8 heteroatoms. The average molecular weight is 352 g/mol. The second-order valence-electron chi connectivity index (χ2n) is 6.43. The number of anilines is 1. The molecule has 2 aliphatic heterocycles. The van der Waals surface area contributed by atoms with Crippen LogP contribution in [-0.2, 0) is 14.6 Å². The second-order valence-corrected chi connectivity index (χ2v) is 8.66. The third-order valence-electron chi connectivity index (χ3n) is 4.60. The normalized spacial score (nSPS) is 24.0. The van der Waals surface area contributed by atoms with Gasteiger partial charge in [0.1, 0.15) is 5.82 Å². The highest BCUT2D eigenvalue weighted by Gasteiger charge is 2.29. The Hall–Kier alpha value is -1.67. The van der Waals surface area contributed by atoms with Gasteiger partial charge in [-0.15, -0.1) is 0 Å². The summed E-state index contributed by atoms with van der Waals surface area (Å²) in [5, 5.41) is 2.84. The summed E-state index contributed by atoms with van der Waals surface area (Å²) in [5.41, 5.74) is 0. The van der Waals surface area contributed by atoms with Crippen LogP contribution in [0.3, 0.4) is 0 Å². The van der Waals surface area contributed by atoms with Crippen LogP contribution in [0.4, 0.5) is 5.82 Å². The van der Waals surface area contributed by atoms with Gasteiger partial charge >= 0.3 is 0 Å². The summed E-state index contributed by atoms with van der Waals surface area (Å²) in [6.45, 7) is 4.32. The van der Waals surface area contributed by atoms with Gasteiger partial charge in [-0.25, -0.2) is 13.4 Å². The number of carbonyl (C=O) groups excluding carboxylic acids is 1. The third kappa shape index (κ3) is 4.67. The zero-order chi connectivity index (χ0) is 17.0. The Balaban J connectivity index is 1.37. The number of pyridine rings is 1. The van der Waals surface area contributed by atoms with Gasteiger partial charge in [0.05, 0.1) is 11.5 Å². The molecule has 132 valence electrons. The van der Waals surface area contributed by atoms with Crippen LogP contribution in [0.2, 0.25) is 0 Å². The van der Waals surface area contributed by atoms with Gasteiger partial charge in [0.15, 0.2) is 9.84 Å². The zero-order valence-corrected chi connectivity index (χ0v) is 14.5. The van der Waals surface area contributed by atoms with Crippen LogP contribution in [0, 0.1) is 0 Å². The van der Waals surface area contributed by atoms with Crippen molar-refractivity contribution in [3.05, 3.63) is 24.4 Å². The van der Waals surface area contributed by atoms with Crippen LogP contribution in [-0.4, -0.2) is 74.5 Å². The summed E-state index contributed by atoms with van der Waals surface area (Å²) in [4.78, 5) is 20.9. The number of amides is 1. The summed E-state index contributed by atoms with van der Waals surface area (Å²) in [6.07, 6.45) is 2.76. The fourth-order valence-corrected chi connectivity index (χ4v) is 4.88. The highest BCUT2D eigenvalue weighted by Crippen LogP contribution is 2.13. The smallest absolute Gasteiger partial charge is 0.221 e. The molecule has 0 aliphatic carbocycles. The number of carbonyl (C=O) groups is 1. The molecule has 0 saturated carbocycles. The van der Waals surface area contributed by atoms with Gasteiger partial charge in [-0.2, -0.15) is 0 Å². The molecule has 2 fully saturated rings. The molecule has 1 aromatic rings. The first-order valence-electron chi connectivity index (χ1n) is 8.40. The Labute approximate surface area is 143 Å². The monoisotopic (exact) mass is 352 g/mol. The van der Waals surface area contributed by atoms with Crippen molar-refractivity contribution in [3.8, 4) is 0 Å². The molecule has 2 aliphatic rings. The third-order valence-corrected chi connectivity index (χ3v) is 6.37. The summed E-state index contributed by atoms with van der Waals surface area (Å²) < 4.78 is 22.8. The fraction of sp³-hybridized carbons (Fsp3) is 0.625. The van der Waals surface area contributed by atoms with Gasteiger partial charge in [-0.3, -0.25) is 9.69 Å². The van der Waals surface area contributed by atoms with Gasteiger partial charge in [0, 0.05) is 51.4 Å². The molecule has 3 rings (SSSR count). The number of piperazine rings is 1. The lowest BCUT2D eigenvalue weighted by atomic mass is 10.2. The largest absolute Gasteiger partial charge is 0.354 e. The maximum Gasteiger partial charge on any atom is 0.221 e. The molecule has 0 bridgehead atoms. The lowest BCUT2D eigenvalue weighted by Gasteiger charge is -2.35. The molecule has 0 aromatic carbocycles. The van der Waals surface area contributed by atoms with E-state index in [0.29, 0.717) is 19.4 Å². The summed E-state index contributed by atoms with van der Waals surface area (Å²) in [6, 6.07) is 5.71. The molecule has 1 N–H and O–H groups in total. The van der Waals surface area contributed by atoms with Crippen LogP contribution in [0.25, 0.3) is 0 Å². The topological polar surface area (TPSA) is 82.6 Å². The van der Waals surface area contributed by atoms with Crippen LogP contribution in [0.1, 0.15) is 12.8 Å². The first kappa shape index (κ1) is 17.2. The van der Waals surface area contributed by atoms with Crippen molar-refractivity contribution in [2.75, 3.05) is 49.1 Å². The van der Waals surface area contributed by atoms with E-state index in [1.807, 2.05) is 18.2 Å². The second kappa shape index (κ2) is 7.48. The van der Waals surface area contributed by atoms with E-state index < -0.39 is 9.84 Å². The fourth-order valence-electron chi connectivity index (χ4n) is 3.21. The van der Waals surface area contributed by atoms with E-state index in [4.69, 9.17) is 0 Å². The van der Waals surface area contributed by atoms with E-state index in [1.165, 1.54) is 0 Å². The predicted octanol–water partition coefficient (Wildman–Crippen LogP) is -0.103. The summed E-state index contributed by atoms with van der Waals surface area (Å²) in [7, 11) is -2.95. The molecule has 7 nitrogen and oxygen atoms in total. The Kier molecular flexibility index (Phi) is 5.35. The van der Waals surface area contributed by atoms with Gasteiger partial charge < -0.3 is 10.2 Å². The molecule has 24 heavy (non-hydrogen) atoms. The van der Waals surface area contributed by atoms with Crippen molar-refractivity contribution in [3.63, 3.8) is 0 Å². The van der Waals surface area contributed by atoms with Crippen molar-refractivity contribution in [1.29, 1.82) is 0 Å². The number of hydrogen-bond donors (Lipinski definition) is 1. The minimum atomic E-state index is -2.95. The van der Waals surface area contributed by atoms with Crippen molar-refractivity contribution >= 4 is 21.6 Å². The van der Waals surface area contributed by atoms with E-state index >= 15 is 0 Å². The number of hydrogen-bond acceptors (Lipinski definition) is 6. The predicted molar refractivity (Wildman–Crippen MR) is 92.7 cm³/mol. The average Bonchev–Trinajstić information content (AvgIpc) is 2.93. The van der Waals surface area contributed by atoms with Gasteiger partial charge in [-0.05, 0) is 18.6 Å². The van der Waals surface area contributed by atoms with E-state index in [9.17, 15) is 13.2 Å². The Morgan fingerprint density at radius 1 is 1.25 bits per heavy atom. The van der Waals surface area contributed by atoms with E-state index in [2.05, 4.69) is 20.1 Å². The lowest BCUT2D eigenvalue weighted by molar-refractivity contribution is -0.122. The first-order valence-corrected chi connectivity index (χ1v) is 10.2. The Morgan fingerprint density at radius 3 is 2.67 bits per heavy atom. The van der Waals surface area contributed by atoms with E-state index in [1.54, 1.807) is 6.20 Å². The minimum Gasteiger partial charge on any atom is -0.354 e. The molecule has 0 spiro atoms. The molecule has 0 radical (unpaired) electrons. The summed E-state index contributed by atoms with van der Waals surface area (Å²) >= 11 is 0. The highest BCUT2D eigenvalue weighted by molar-refractivity contribution is 7.91. The SMILES string of the molecule is O=C(CCN1CCN(c2ccccn2)CC1)NC1CCS(=O)(=O)C1. The molecule has 1 aromatic heterocycles. The van der Waals surface area contributed by atoms with E-state index in [0.717, 1.165) is 32.0 Å². The molecule has 3 heterocycles. The van der Waals surface area contributed by atoms with Gasteiger partial charge in [-0.1, -0.05) is 6.07 Å². The van der Waals surface area contributed by atoms with Crippen LogP contribution < -0.4 is 10.2 Å². The maximum atomic E-state index is 12.0. The van der Waals surface area contributed by atoms with Crippen molar-refractivity contribution in [2.45, 2.75) is 18.9 Å². The van der Waals surface area contributed by atoms with Crippen molar-refractivity contribution in [1.82, 2.24) is 15.2 Å². The van der Waals surface area contributed by atoms with Crippen LogP contribution in [0.15, 0.2) is 24.4 Å². The lowest BCUT2D eigenvalue weighted by Crippen LogP contribution is -2.47. The number of rotatable bonds is 5.